The van der Waals surface area contributed by atoms with E-state index < -0.39 is 30.2 Å². The molecular weight excluding hydrogens is 216 g/mol. The molecule has 0 unspecified atom stereocenters. The highest BCUT2D eigenvalue weighted by molar-refractivity contribution is 5.88. The average Bonchev–Trinajstić information content (AvgIpc) is 2.16. The molecule has 0 aromatic heterocycles. The number of carbonyl (C=O) groups excluding carboxylic acids is 2. The minimum Gasteiger partial charge on any atom is -0.480 e. The molecule has 0 fully saturated rings. The maximum absolute atomic E-state index is 11.2. The molecule has 0 aliphatic carbocycles. The smallest absolute Gasteiger partial charge is 0.326 e. The van der Waals surface area contributed by atoms with Crippen LogP contribution in [0.25, 0.3) is 0 Å². The Morgan fingerprint density at radius 3 is 2.50 bits per heavy atom. The molecule has 1 atom stereocenters. The molecule has 0 spiro atoms. The van der Waals surface area contributed by atoms with E-state index in [-0.39, 0.29) is 6.42 Å². The first kappa shape index (κ1) is 14.4. The number of hydrogen-bond acceptors (Lipinski definition) is 4. The van der Waals surface area contributed by atoms with Gasteiger partial charge in [-0.2, -0.15) is 0 Å². The second-order valence-electron chi connectivity index (χ2n) is 3.23. The molecule has 0 aliphatic rings. The molecule has 0 aromatic rings. The van der Waals surface area contributed by atoms with E-state index in [0.29, 0.717) is 13.0 Å². The van der Waals surface area contributed by atoms with Crippen LogP contribution >= 0.6 is 0 Å². The van der Waals surface area contributed by atoms with Gasteiger partial charge < -0.3 is 20.9 Å². The average molecular weight is 232 g/mol. The zero-order chi connectivity index (χ0) is 12.6. The van der Waals surface area contributed by atoms with E-state index in [1.54, 1.807) is 0 Å². The first-order valence-corrected chi connectivity index (χ1v) is 4.76. The lowest BCUT2D eigenvalue weighted by Gasteiger charge is -2.12. The number of carbonyl (C=O) groups is 3. The Kier molecular flexibility index (Phi) is 6.86. The lowest BCUT2D eigenvalue weighted by molar-refractivity contribution is -0.143. The molecule has 0 radical (unpaired) electrons. The van der Waals surface area contributed by atoms with Crippen molar-refractivity contribution in [2.75, 3.05) is 13.7 Å². The van der Waals surface area contributed by atoms with E-state index in [9.17, 15) is 14.4 Å². The van der Waals surface area contributed by atoms with Crippen molar-refractivity contribution in [3.8, 4) is 0 Å². The topological polar surface area (TPSA) is 119 Å². The molecule has 0 saturated heterocycles. The molecule has 0 rings (SSSR count). The summed E-state index contributed by atoms with van der Waals surface area (Å²) in [6.45, 7) is 0.418. The van der Waals surface area contributed by atoms with Gasteiger partial charge in [0, 0.05) is 20.1 Å². The second kappa shape index (κ2) is 7.63. The summed E-state index contributed by atoms with van der Waals surface area (Å²) in [6, 6.07) is -1.26. The highest BCUT2D eigenvalue weighted by atomic mass is 16.5. The fourth-order valence-corrected chi connectivity index (χ4v) is 1.04. The summed E-state index contributed by atoms with van der Waals surface area (Å²) in [4.78, 5) is 32.4. The van der Waals surface area contributed by atoms with Gasteiger partial charge in [-0.15, -0.1) is 0 Å². The van der Waals surface area contributed by atoms with Crippen LogP contribution in [0.3, 0.4) is 0 Å². The largest absolute Gasteiger partial charge is 0.480 e. The van der Waals surface area contributed by atoms with Crippen LogP contribution in [0.1, 0.15) is 19.3 Å². The van der Waals surface area contributed by atoms with Crippen molar-refractivity contribution in [2.45, 2.75) is 25.3 Å². The van der Waals surface area contributed by atoms with Gasteiger partial charge in [-0.25, -0.2) is 4.79 Å². The summed E-state index contributed by atoms with van der Waals surface area (Å²) in [5.41, 5.74) is 4.85. The summed E-state index contributed by atoms with van der Waals surface area (Å²) in [7, 11) is 1.51. The number of amides is 2. The maximum atomic E-state index is 11.2. The van der Waals surface area contributed by atoms with Crippen molar-refractivity contribution in [3.63, 3.8) is 0 Å². The Labute approximate surface area is 92.9 Å². The van der Waals surface area contributed by atoms with Gasteiger partial charge in [0.15, 0.2) is 0 Å². The maximum Gasteiger partial charge on any atom is 0.326 e. The van der Waals surface area contributed by atoms with E-state index in [0.717, 1.165) is 0 Å². The van der Waals surface area contributed by atoms with Crippen LogP contribution < -0.4 is 11.1 Å². The number of primary amides is 1. The van der Waals surface area contributed by atoms with Crippen molar-refractivity contribution >= 4 is 17.8 Å². The number of nitrogens with one attached hydrogen (secondary N) is 1. The van der Waals surface area contributed by atoms with Crippen molar-refractivity contribution in [1.29, 1.82) is 0 Å². The predicted octanol–water partition coefficient (Wildman–Crippen LogP) is -1.14. The van der Waals surface area contributed by atoms with Crippen LogP contribution in [0.5, 0.6) is 0 Å². The first-order chi connectivity index (χ1) is 7.47. The summed E-state index contributed by atoms with van der Waals surface area (Å²) in [5, 5.41) is 10.9. The summed E-state index contributed by atoms with van der Waals surface area (Å²) in [5.74, 6) is -2.49. The van der Waals surface area contributed by atoms with Crippen molar-refractivity contribution in [3.05, 3.63) is 0 Å². The fourth-order valence-electron chi connectivity index (χ4n) is 1.04. The van der Waals surface area contributed by atoms with Gasteiger partial charge in [0.05, 0.1) is 6.42 Å². The van der Waals surface area contributed by atoms with Crippen LogP contribution in [0.15, 0.2) is 0 Å². The van der Waals surface area contributed by atoms with Gasteiger partial charge in [-0.3, -0.25) is 9.59 Å². The number of aliphatic carboxylic acids is 1. The molecule has 92 valence electrons. The molecule has 4 N–H and O–H groups in total. The molecule has 16 heavy (non-hydrogen) atoms. The summed E-state index contributed by atoms with van der Waals surface area (Å²) < 4.78 is 4.74. The Morgan fingerprint density at radius 1 is 1.44 bits per heavy atom. The zero-order valence-corrected chi connectivity index (χ0v) is 9.06. The Balaban J connectivity index is 4.03. The third-order valence-electron chi connectivity index (χ3n) is 1.79. The minimum atomic E-state index is -1.28. The van der Waals surface area contributed by atoms with Crippen LogP contribution in [-0.2, 0) is 19.1 Å². The SMILES string of the molecule is COCCCC(=O)N[C@H](CC(N)=O)C(=O)O. The number of carboxylic acid groups (broad SMARTS) is 1. The standard InChI is InChI=1S/C9H16N2O5/c1-16-4-2-3-8(13)11-6(9(14)15)5-7(10)12/h6H,2-5H2,1H3,(H2,10,12)(H,11,13)(H,14,15)/t6-/m1/s1. The van der Waals surface area contributed by atoms with Crippen LogP contribution in [-0.4, -0.2) is 42.6 Å². The van der Waals surface area contributed by atoms with E-state index >= 15 is 0 Å². The summed E-state index contributed by atoms with van der Waals surface area (Å²) >= 11 is 0. The lowest BCUT2D eigenvalue weighted by Crippen LogP contribution is -2.43. The number of carboxylic acids is 1. The van der Waals surface area contributed by atoms with Crippen molar-refractivity contribution < 1.29 is 24.2 Å². The first-order valence-electron chi connectivity index (χ1n) is 4.76. The van der Waals surface area contributed by atoms with Gasteiger partial charge in [-0.1, -0.05) is 0 Å². The third-order valence-corrected chi connectivity index (χ3v) is 1.79. The van der Waals surface area contributed by atoms with E-state index in [1.807, 2.05) is 0 Å². The Hall–Kier alpha value is -1.63. The highest BCUT2D eigenvalue weighted by Gasteiger charge is 2.21. The van der Waals surface area contributed by atoms with E-state index in [4.69, 9.17) is 15.6 Å². The van der Waals surface area contributed by atoms with Gasteiger partial charge in [0.25, 0.3) is 0 Å². The molecule has 0 saturated carbocycles. The summed E-state index contributed by atoms with van der Waals surface area (Å²) in [6.07, 6.45) is 0.229. The highest BCUT2D eigenvalue weighted by Crippen LogP contribution is 1.95. The zero-order valence-electron chi connectivity index (χ0n) is 9.06. The van der Waals surface area contributed by atoms with Crippen LogP contribution in [0.2, 0.25) is 0 Å². The van der Waals surface area contributed by atoms with Crippen LogP contribution in [0, 0.1) is 0 Å². The Bertz CT molecular complexity index is 267. The Morgan fingerprint density at radius 2 is 2.06 bits per heavy atom. The predicted molar refractivity (Wildman–Crippen MR) is 54.5 cm³/mol. The quantitative estimate of drug-likeness (QED) is 0.457. The molecule has 0 bridgehead atoms. The van der Waals surface area contributed by atoms with Crippen LogP contribution in [0.4, 0.5) is 0 Å². The van der Waals surface area contributed by atoms with Gasteiger partial charge >= 0.3 is 5.97 Å². The normalized spacial score (nSPS) is 11.8. The monoisotopic (exact) mass is 232 g/mol. The van der Waals surface area contributed by atoms with E-state index in [1.165, 1.54) is 7.11 Å². The molecule has 2 amide bonds. The third kappa shape index (κ3) is 6.77. The minimum absolute atomic E-state index is 0.149. The van der Waals surface area contributed by atoms with E-state index in [2.05, 4.69) is 5.32 Å². The number of nitrogens with two attached hydrogens (primary N) is 1. The number of hydrogen-bond donors (Lipinski definition) is 3. The van der Waals surface area contributed by atoms with Gasteiger partial charge in [0.2, 0.25) is 11.8 Å². The second-order valence-corrected chi connectivity index (χ2v) is 3.23. The molecular formula is C9H16N2O5. The molecule has 7 heteroatoms. The lowest BCUT2D eigenvalue weighted by atomic mass is 10.2. The van der Waals surface area contributed by atoms with Crippen molar-refractivity contribution in [2.24, 2.45) is 5.73 Å². The number of ether oxygens (including phenoxy) is 1. The molecule has 7 nitrogen and oxygen atoms in total. The number of rotatable bonds is 8. The fraction of sp³-hybridized carbons (Fsp3) is 0.667. The number of methoxy groups -OCH3 is 1. The molecule has 0 aliphatic heterocycles. The van der Waals surface area contributed by atoms with Gasteiger partial charge in [0.1, 0.15) is 6.04 Å². The molecule has 0 heterocycles. The van der Waals surface area contributed by atoms with Crippen molar-refractivity contribution in [1.82, 2.24) is 5.32 Å². The molecule has 0 aromatic carbocycles. The van der Waals surface area contributed by atoms with Gasteiger partial charge in [-0.05, 0) is 6.42 Å².